The standard InChI is InChI=1S/C27H22N8O2S2/c1-29-21-9-5-4-7-17(21)14-23(37)31-27-35-33-25(39-27)19-11-10-18(12-19)24-32-34-26(38-24)30-22(36)13-16-6-2-3-8-20(16)15-28/h2-9,18-19H,10-14H2,(H,30,34,36)(H,31,35,37). The molecule has 4 aromatic rings. The molecule has 0 spiro atoms. The third-order valence-electron chi connectivity index (χ3n) is 6.46. The minimum Gasteiger partial charge on any atom is -0.300 e. The van der Waals surface area contributed by atoms with Crippen LogP contribution in [0.4, 0.5) is 16.0 Å². The molecule has 12 heteroatoms. The van der Waals surface area contributed by atoms with E-state index >= 15 is 0 Å². The molecule has 1 saturated carbocycles. The molecule has 1 aliphatic rings. The highest BCUT2D eigenvalue weighted by Gasteiger charge is 2.32. The van der Waals surface area contributed by atoms with Gasteiger partial charge in [0, 0.05) is 18.3 Å². The molecule has 194 valence electrons. The predicted octanol–water partition coefficient (Wildman–Crippen LogP) is 5.23. The van der Waals surface area contributed by atoms with Crippen LogP contribution in [0.1, 0.15) is 57.8 Å². The topological polar surface area (TPSA) is 138 Å². The molecule has 1 aliphatic carbocycles. The van der Waals surface area contributed by atoms with Crippen molar-refractivity contribution in [3.8, 4) is 6.07 Å². The Hall–Kier alpha value is -4.52. The van der Waals surface area contributed by atoms with E-state index in [2.05, 4.69) is 41.9 Å². The van der Waals surface area contributed by atoms with Gasteiger partial charge >= 0.3 is 0 Å². The monoisotopic (exact) mass is 554 g/mol. The van der Waals surface area contributed by atoms with Gasteiger partial charge in [0.05, 0.1) is 24.6 Å². The largest absolute Gasteiger partial charge is 0.300 e. The number of hydrogen-bond donors (Lipinski definition) is 2. The van der Waals surface area contributed by atoms with Crippen molar-refractivity contribution < 1.29 is 9.59 Å². The molecular weight excluding hydrogens is 532 g/mol. The van der Waals surface area contributed by atoms with Crippen LogP contribution in [0.25, 0.3) is 4.85 Å². The first-order valence-corrected chi connectivity index (χ1v) is 13.9. The zero-order chi connectivity index (χ0) is 27.2. The first-order valence-electron chi connectivity index (χ1n) is 12.2. The number of amides is 2. The summed E-state index contributed by atoms with van der Waals surface area (Å²) in [4.78, 5) is 28.5. The Balaban J connectivity index is 1.14. The molecule has 2 aromatic carbocycles. The highest BCUT2D eigenvalue weighted by molar-refractivity contribution is 7.15. The summed E-state index contributed by atoms with van der Waals surface area (Å²) in [6.07, 6.45) is 2.85. The Labute approximate surface area is 232 Å². The van der Waals surface area contributed by atoms with Crippen LogP contribution in [-0.4, -0.2) is 32.2 Å². The Morgan fingerprint density at radius 1 is 0.872 bits per heavy atom. The van der Waals surface area contributed by atoms with E-state index in [9.17, 15) is 14.9 Å². The third-order valence-corrected chi connectivity index (χ3v) is 8.46. The second-order valence-corrected chi connectivity index (χ2v) is 11.1. The van der Waals surface area contributed by atoms with Gasteiger partial charge in [-0.2, -0.15) is 5.26 Å². The zero-order valence-electron chi connectivity index (χ0n) is 20.6. The highest BCUT2D eigenvalue weighted by Crippen LogP contribution is 2.45. The number of rotatable bonds is 8. The number of carbonyl (C=O) groups is 2. The van der Waals surface area contributed by atoms with Crippen molar-refractivity contribution in [3.05, 3.63) is 86.7 Å². The van der Waals surface area contributed by atoms with Crippen LogP contribution in [0.5, 0.6) is 0 Å². The van der Waals surface area contributed by atoms with E-state index in [1.54, 1.807) is 42.5 Å². The molecule has 2 atom stereocenters. The molecule has 2 heterocycles. The molecule has 39 heavy (non-hydrogen) atoms. The maximum absolute atomic E-state index is 12.5. The molecule has 0 bridgehead atoms. The van der Waals surface area contributed by atoms with Gasteiger partial charge in [0.2, 0.25) is 22.1 Å². The molecule has 2 N–H and O–H groups in total. The molecular formula is C27H22N8O2S2. The summed E-state index contributed by atoms with van der Waals surface area (Å²) in [5.74, 6) is -0.0849. The van der Waals surface area contributed by atoms with Gasteiger partial charge in [0.1, 0.15) is 10.0 Å². The van der Waals surface area contributed by atoms with Crippen molar-refractivity contribution in [2.45, 2.75) is 43.9 Å². The first-order chi connectivity index (χ1) is 19.0. The Kier molecular flexibility index (Phi) is 7.96. The van der Waals surface area contributed by atoms with Gasteiger partial charge in [-0.3, -0.25) is 9.59 Å². The second kappa shape index (κ2) is 11.9. The molecule has 2 aromatic heterocycles. The summed E-state index contributed by atoms with van der Waals surface area (Å²) < 4.78 is 0. The molecule has 1 fully saturated rings. The molecule has 10 nitrogen and oxygen atoms in total. The third kappa shape index (κ3) is 6.32. The van der Waals surface area contributed by atoms with Crippen LogP contribution in [0.15, 0.2) is 48.5 Å². The summed E-state index contributed by atoms with van der Waals surface area (Å²) in [6.45, 7) is 7.25. The fraction of sp³-hybridized carbons (Fsp3) is 0.259. The SMILES string of the molecule is [C-]#[N+]c1ccccc1CC(=O)Nc1nnc(C2CCC(c3nnc(NC(=O)Cc4ccccc4C#N)s3)C2)s1. The molecule has 0 radical (unpaired) electrons. The van der Waals surface area contributed by atoms with Gasteiger partial charge in [-0.15, -0.1) is 20.4 Å². The van der Waals surface area contributed by atoms with E-state index in [-0.39, 0.29) is 36.5 Å². The van der Waals surface area contributed by atoms with E-state index in [0.29, 0.717) is 32.6 Å². The zero-order valence-corrected chi connectivity index (χ0v) is 22.3. The van der Waals surface area contributed by atoms with E-state index < -0.39 is 0 Å². The van der Waals surface area contributed by atoms with Crippen LogP contribution >= 0.6 is 22.7 Å². The number of aromatic nitrogens is 4. The molecule has 2 unspecified atom stereocenters. The van der Waals surface area contributed by atoms with Crippen molar-refractivity contribution in [2.75, 3.05) is 10.6 Å². The van der Waals surface area contributed by atoms with E-state index in [1.165, 1.54) is 22.7 Å². The van der Waals surface area contributed by atoms with E-state index in [4.69, 9.17) is 6.57 Å². The van der Waals surface area contributed by atoms with Crippen molar-refractivity contribution in [3.63, 3.8) is 0 Å². The summed E-state index contributed by atoms with van der Waals surface area (Å²) in [7, 11) is 0. The number of benzene rings is 2. The van der Waals surface area contributed by atoms with Gasteiger partial charge in [0.15, 0.2) is 5.69 Å². The normalized spacial score (nSPS) is 16.3. The Morgan fingerprint density at radius 2 is 1.41 bits per heavy atom. The van der Waals surface area contributed by atoms with E-state index in [1.807, 2.05) is 6.07 Å². The lowest BCUT2D eigenvalue weighted by Gasteiger charge is -2.05. The van der Waals surface area contributed by atoms with Crippen LogP contribution < -0.4 is 10.6 Å². The molecule has 0 saturated heterocycles. The summed E-state index contributed by atoms with van der Waals surface area (Å²) in [5, 5.41) is 34.3. The van der Waals surface area contributed by atoms with Crippen molar-refractivity contribution in [2.24, 2.45) is 0 Å². The average molecular weight is 555 g/mol. The second-order valence-electron chi connectivity index (χ2n) is 9.06. The molecule has 2 amide bonds. The number of para-hydroxylation sites is 1. The Morgan fingerprint density at radius 3 is 2.00 bits per heavy atom. The number of hydrogen-bond acceptors (Lipinski definition) is 9. The van der Waals surface area contributed by atoms with Crippen LogP contribution in [-0.2, 0) is 22.4 Å². The maximum Gasteiger partial charge on any atom is 0.230 e. The van der Waals surface area contributed by atoms with Gasteiger partial charge in [-0.1, -0.05) is 65.1 Å². The smallest absolute Gasteiger partial charge is 0.230 e. The van der Waals surface area contributed by atoms with Crippen molar-refractivity contribution in [1.29, 1.82) is 5.26 Å². The first kappa shape index (κ1) is 26.1. The van der Waals surface area contributed by atoms with Gasteiger partial charge in [0.25, 0.3) is 0 Å². The number of anilines is 2. The fourth-order valence-electron chi connectivity index (χ4n) is 4.56. The van der Waals surface area contributed by atoms with Crippen LogP contribution in [0.2, 0.25) is 0 Å². The maximum atomic E-state index is 12.5. The highest BCUT2D eigenvalue weighted by atomic mass is 32.1. The number of nitrogens with zero attached hydrogens (tertiary/aromatic N) is 6. The van der Waals surface area contributed by atoms with Crippen LogP contribution in [0.3, 0.4) is 0 Å². The number of nitriles is 1. The lowest BCUT2D eigenvalue weighted by Crippen LogP contribution is -2.14. The number of carbonyl (C=O) groups excluding carboxylic acids is 2. The summed E-state index contributed by atoms with van der Waals surface area (Å²) in [6, 6.07) is 16.2. The quantitative estimate of drug-likeness (QED) is 0.285. The predicted molar refractivity (Wildman–Crippen MR) is 148 cm³/mol. The number of nitrogens with one attached hydrogen (secondary N) is 2. The average Bonchev–Trinajstić information content (AvgIpc) is 3.70. The van der Waals surface area contributed by atoms with Crippen molar-refractivity contribution in [1.82, 2.24) is 20.4 Å². The minimum absolute atomic E-state index is 0.0894. The molecule has 5 rings (SSSR count). The van der Waals surface area contributed by atoms with Crippen LogP contribution in [0, 0.1) is 17.9 Å². The van der Waals surface area contributed by atoms with Gasteiger partial charge in [-0.25, -0.2) is 4.85 Å². The lowest BCUT2D eigenvalue weighted by atomic mass is 10.1. The Bertz CT molecular complexity index is 1480. The fourth-order valence-corrected chi connectivity index (χ4v) is 6.37. The minimum atomic E-state index is -0.245. The van der Waals surface area contributed by atoms with Crippen molar-refractivity contribution >= 4 is 50.4 Å². The van der Waals surface area contributed by atoms with E-state index in [0.717, 1.165) is 29.3 Å². The van der Waals surface area contributed by atoms with Gasteiger partial charge < -0.3 is 10.6 Å². The summed E-state index contributed by atoms with van der Waals surface area (Å²) >= 11 is 2.73. The lowest BCUT2D eigenvalue weighted by molar-refractivity contribution is -0.116. The molecule has 0 aliphatic heterocycles. The van der Waals surface area contributed by atoms with Gasteiger partial charge in [-0.05, 0) is 36.5 Å². The summed E-state index contributed by atoms with van der Waals surface area (Å²) in [5.41, 5.74) is 2.29.